The van der Waals surface area contributed by atoms with Gasteiger partial charge in [-0.2, -0.15) is 0 Å². The Bertz CT molecular complexity index is 1220. The van der Waals surface area contributed by atoms with Crippen molar-refractivity contribution in [3.05, 3.63) is 94.7 Å². The maximum absolute atomic E-state index is 13.0. The highest BCUT2D eigenvalue weighted by Gasteiger charge is 2.24. The second-order valence-corrected chi connectivity index (χ2v) is 6.16. The SMILES string of the molecule is O=C(O)c1c(Nc2ccccc2)c2cncnc2n(OCc2ccccc2)c1=O. The first-order valence-electron chi connectivity index (χ1n) is 8.76. The van der Waals surface area contributed by atoms with E-state index in [1.165, 1.54) is 12.5 Å². The zero-order chi connectivity index (χ0) is 20.2. The fraction of sp³-hybridized carbons (Fsp3) is 0.0476. The number of benzene rings is 2. The predicted molar refractivity (Wildman–Crippen MR) is 107 cm³/mol. The van der Waals surface area contributed by atoms with Crippen LogP contribution in [0.5, 0.6) is 0 Å². The number of fused-ring (bicyclic) bond motifs is 1. The molecule has 0 amide bonds. The zero-order valence-corrected chi connectivity index (χ0v) is 15.1. The summed E-state index contributed by atoms with van der Waals surface area (Å²) in [5, 5.41) is 13.1. The minimum atomic E-state index is -1.38. The van der Waals surface area contributed by atoms with Crippen LogP contribution in [0.15, 0.2) is 78.0 Å². The normalized spacial score (nSPS) is 10.6. The smallest absolute Gasteiger partial charge is 0.343 e. The number of carboxylic acids is 1. The Morgan fingerprint density at radius 3 is 2.45 bits per heavy atom. The van der Waals surface area contributed by atoms with Gasteiger partial charge in [0.05, 0.1) is 11.1 Å². The van der Waals surface area contributed by atoms with Crippen molar-refractivity contribution < 1.29 is 14.7 Å². The predicted octanol–water partition coefficient (Wildman–Crippen LogP) is 2.86. The molecule has 0 fully saturated rings. The molecule has 0 aliphatic rings. The molecule has 0 radical (unpaired) electrons. The highest BCUT2D eigenvalue weighted by Crippen LogP contribution is 2.26. The van der Waals surface area contributed by atoms with Gasteiger partial charge in [0.15, 0.2) is 11.2 Å². The number of carbonyl (C=O) groups is 1. The maximum Gasteiger partial charge on any atom is 0.343 e. The fourth-order valence-corrected chi connectivity index (χ4v) is 2.93. The minimum Gasteiger partial charge on any atom is -0.477 e. The van der Waals surface area contributed by atoms with Gasteiger partial charge < -0.3 is 15.3 Å². The molecule has 0 atom stereocenters. The summed E-state index contributed by atoms with van der Waals surface area (Å²) in [4.78, 5) is 38.8. The van der Waals surface area contributed by atoms with Crippen LogP contribution in [0.4, 0.5) is 11.4 Å². The molecule has 8 nitrogen and oxygen atoms in total. The van der Waals surface area contributed by atoms with Crippen LogP contribution in [0, 0.1) is 0 Å². The Morgan fingerprint density at radius 2 is 1.76 bits per heavy atom. The van der Waals surface area contributed by atoms with Crippen molar-refractivity contribution in [1.82, 2.24) is 14.7 Å². The summed E-state index contributed by atoms with van der Waals surface area (Å²) in [5.41, 5.74) is 0.461. The lowest BCUT2D eigenvalue weighted by molar-refractivity contribution is 0.0678. The molecule has 29 heavy (non-hydrogen) atoms. The van der Waals surface area contributed by atoms with Crippen LogP contribution in [0.1, 0.15) is 15.9 Å². The van der Waals surface area contributed by atoms with E-state index in [0.717, 1.165) is 10.3 Å². The third-order valence-electron chi connectivity index (χ3n) is 4.26. The van der Waals surface area contributed by atoms with Gasteiger partial charge in [-0.3, -0.25) is 4.79 Å². The van der Waals surface area contributed by atoms with Crippen LogP contribution >= 0.6 is 0 Å². The summed E-state index contributed by atoms with van der Waals surface area (Å²) in [6, 6.07) is 18.2. The lowest BCUT2D eigenvalue weighted by atomic mass is 10.1. The van der Waals surface area contributed by atoms with E-state index in [-0.39, 0.29) is 17.9 Å². The van der Waals surface area contributed by atoms with Crippen molar-refractivity contribution in [2.45, 2.75) is 6.61 Å². The number of rotatable bonds is 6. The molecule has 4 aromatic rings. The number of para-hydroxylation sites is 1. The average Bonchev–Trinajstić information content (AvgIpc) is 2.75. The summed E-state index contributed by atoms with van der Waals surface area (Å²) in [5.74, 6) is -1.38. The third kappa shape index (κ3) is 3.63. The van der Waals surface area contributed by atoms with E-state index in [0.29, 0.717) is 11.1 Å². The molecular weight excluding hydrogens is 372 g/mol. The van der Waals surface area contributed by atoms with Crippen LogP contribution in [0.25, 0.3) is 11.0 Å². The number of pyridine rings is 1. The molecule has 2 aromatic heterocycles. The highest BCUT2D eigenvalue weighted by molar-refractivity contribution is 6.04. The molecule has 144 valence electrons. The number of nitrogens with zero attached hydrogens (tertiary/aromatic N) is 3. The second kappa shape index (κ2) is 7.81. The topological polar surface area (TPSA) is 106 Å². The molecule has 4 rings (SSSR count). The van der Waals surface area contributed by atoms with E-state index in [1.807, 2.05) is 36.4 Å². The van der Waals surface area contributed by atoms with Crippen LogP contribution in [0.3, 0.4) is 0 Å². The lowest BCUT2D eigenvalue weighted by Gasteiger charge is -2.16. The monoisotopic (exact) mass is 388 g/mol. The number of anilines is 2. The Balaban J connectivity index is 1.87. The number of carboxylic acid groups (broad SMARTS) is 1. The van der Waals surface area contributed by atoms with Gasteiger partial charge in [0.1, 0.15) is 12.9 Å². The highest BCUT2D eigenvalue weighted by atomic mass is 16.7. The van der Waals surface area contributed by atoms with Gasteiger partial charge in [0.2, 0.25) is 0 Å². The second-order valence-electron chi connectivity index (χ2n) is 6.16. The largest absolute Gasteiger partial charge is 0.477 e. The Kier molecular flexibility index (Phi) is 4.90. The van der Waals surface area contributed by atoms with Crippen LogP contribution in [0.2, 0.25) is 0 Å². The molecule has 2 N–H and O–H groups in total. The molecular formula is C21H16N4O4. The molecule has 2 aromatic carbocycles. The standard InChI is InChI=1S/C21H16N4O4/c26-20-17(21(27)28)18(24-15-9-5-2-6-10-15)16-11-22-13-23-19(16)25(20)29-12-14-7-3-1-4-8-14/h1-11,13,24H,12H2,(H,27,28). The van der Waals surface area contributed by atoms with Crippen molar-refractivity contribution in [3.63, 3.8) is 0 Å². The first kappa shape index (κ1) is 18.2. The molecule has 2 heterocycles. The van der Waals surface area contributed by atoms with Crippen LogP contribution < -0.4 is 15.7 Å². The molecule has 0 aliphatic carbocycles. The Labute approximate surface area is 165 Å². The van der Waals surface area contributed by atoms with E-state index in [9.17, 15) is 14.7 Å². The average molecular weight is 388 g/mol. The van der Waals surface area contributed by atoms with E-state index >= 15 is 0 Å². The number of nitrogens with one attached hydrogen (secondary N) is 1. The van der Waals surface area contributed by atoms with Crippen molar-refractivity contribution >= 4 is 28.4 Å². The number of aromatic carboxylic acids is 1. The van der Waals surface area contributed by atoms with E-state index in [4.69, 9.17) is 4.84 Å². The Hall–Kier alpha value is -4.20. The van der Waals surface area contributed by atoms with Crippen molar-refractivity contribution in [2.24, 2.45) is 0 Å². The summed E-state index contributed by atoms with van der Waals surface area (Å²) in [7, 11) is 0. The zero-order valence-electron chi connectivity index (χ0n) is 15.1. The van der Waals surface area contributed by atoms with Gasteiger partial charge in [-0.05, 0) is 17.7 Å². The fourth-order valence-electron chi connectivity index (χ4n) is 2.93. The van der Waals surface area contributed by atoms with Gasteiger partial charge in [0.25, 0.3) is 0 Å². The van der Waals surface area contributed by atoms with Gasteiger partial charge in [-0.1, -0.05) is 48.5 Å². The lowest BCUT2D eigenvalue weighted by Crippen LogP contribution is -2.33. The maximum atomic E-state index is 13.0. The van der Waals surface area contributed by atoms with Gasteiger partial charge in [0, 0.05) is 11.9 Å². The van der Waals surface area contributed by atoms with Crippen LogP contribution in [-0.4, -0.2) is 25.8 Å². The Morgan fingerprint density at radius 1 is 1.07 bits per heavy atom. The summed E-state index contributed by atoms with van der Waals surface area (Å²) in [6.07, 6.45) is 2.72. The molecule has 0 bridgehead atoms. The van der Waals surface area contributed by atoms with Crippen molar-refractivity contribution in [1.29, 1.82) is 0 Å². The molecule has 0 saturated heterocycles. The van der Waals surface area contributed by atoms with Crippen LogP contribution in [-0.2, 0) is 6.61 Å². The summed E-state index contributed by atoms with van der Waals surface area (Å²) < 4.78 is 0.906. The first-order chi connectivity index (χ1) is 14.1. The molecule has 8 heteroatoms. The quantitative estimate of drug-likeness (QED) is 0.523. The molecule has 0 aliphatic heterocycles. The minimum absolute atomic E-state index is 0.0738. The first-order valence-corrected chi connectivity index (χ1v) is 8.76. The van der Waals surface area contributed by atoms with E-state index in [2.05, 4.69) is 15.3 Å². The molecule has 0 unspecified atom stereocenters. The van der Waals surface area contributed by atoms with E-state index in [1.54, 1.807) is 24.3 Å². The molecule has 0 saturated carbocycles. The van der Waals surface area contributed by atoms with Gasteiger partial charge in [-0.25, -0.2) is 14.8 Å². The van der Waals surface area contributed by atoms with Gasteiger partial charge >= 0.3 is 11.5 Å². The third-order valence-corrected chi connectivity index (χ3v) is 4.26. The number of aromatic nitrogens is 3. The van der Waals surface area contributed by atoms with Crippen molar-refractivity contribution in [2.75, 3.05) is 5.32 Å². The number of hydrogen-bond donors (Lipinski definition) is 2. The van der Waals surface area contributed by atoms with E-state index < -0.39 is 17.1 Å². The van der Waals surface area contributed by atoms with Gasteiger partial charge in [-0.15, -0.1) is 4.73 Å². The number of hydrogen-bond acceptors (Lipinski definition) is 6. The summed E-state index contributed by atoms with van der Waals surface area (Å²) >= 11 is 0. The molecule has 0 spiro atoms. The summed E-state index contributed by atoms with van der Waals surface area (Å²) in [6.45, 7) is 0.0738. The van der Waals surface area contributed by atoms with Crippen molar-refractivity contribution in [3.8, 4) is 0 Å².